The van der Waals surface area contributed by atoms with Crippen LogP contribution in [0.1, 0.15) is 41.8 Å². The number of hydrogen-bond acceptors (Lipinski definition) is 5. The van der Waals surface area contributed by atoms with Gasteiger partial charge in [0.2, 0.25) is 10.8 Å². The van der Waals surface area contributed by atoms with Gasteiger partial charge >= 0.3 is 0 Å². The third-order valence-electron chi connectivity index (χ3n) is 4.83. The van der Waals surface area contributed by atoms with Crippen molar-refractivity contribution in [3.63, 3.8) is 0 Å². The number of benzene rings is 1. The van der Waals surface area contributed by atoms with Gasteiger partial charge in [-0.15, -0.1) is 0 Å². The minimum atomic E-state index is 0.0573. The molecule has 2 atom stereocenters. The molecule has 3 heterocycles. The number of fused-ring (bicyclic) bond motifs is 1. The summed E-state index contributed by atoms with van der Waals surface area (Å²) in [7, 11) is 0. The van der Waals surface area contributed by atoms with Gasteiger partial charge in [-0.3, -0.25) is 4.90 Å². The largest absolute Gasteiger partial charge is 0.492 e. The molecule has 0 radical (unpaired) electrons. The van der Waals surface area contributed by atoms with Crippen LogP contribution in [-0.4, -0.2) is 37.7 Å². The zero-order chi connectivity index (χ0) is 16.7. The number of aromatic hydroxyl groups is 1. The van der Waals surface area contributed by atoms with E-state index in [4.69, 9.17) is 0 Å². The van der Waals surface area contributed by atoms with Crippen molar-refractivity contribution in [2.24, 2.45) is 5.92 Å². The lowest BCUT2D eigenvalue weighted by molar-refractivity contribution is 0.149. The van der Waals surface area contributed by atoms with E-state index in [1.165, 1.54) is 46.1 Å². The molecule has 5 nitrogen and oxygen atoms in total. The van der Waals surface area contributed by atoms with Gasteiger partial charge in [0.05, 0.1) is 10.9 Å². The Kier molecular flexibility index (Phi) is 4.02. The first-order valence-electron chi connectivity index (χ1n) is 8.45. The Labute approximate surface area is 145 Å². The van der Waals surface area contributed by atoms with E-state index in [2.05, 4.69) is 53.1 Å². The van der Waals surface area contributed by atoms with E-state index >= 15 is 0 Å². The van der Waals surface area contributed by atoms with Crippen LogP contribution in [0.5, 0.6) is 5.88 Å². The van der Waals surface area contributed by atoms with Gasteiger partial charge in [0.15, 0.2) is 0 Å². The Morgan fingerprint density at radius 2 is 2.08 bits per heavy atom. The van der Waals surface area contributed by atoms with Crippen molar-refractivity contribution in [3.05, 3.63) is 46.6 Å². The minimum Gasteiger partial charge on any atom is -0.492 e. The lowest BCUT2D eigenvalue weighted by Gasteiger charge is -2.37. The van der Waals surface area contributed by atoms with E-state index < -0.39 is 0 Å². The Balaban J connectivity index is 1.81. The second-order valence-corrected chi connectivity index (χ2v) is 7.81. The normalized spacial score (nSPS) is 20.5. The molecule has 3 aromatic rings. The molecule has 0 spiro atoms. The fraction of sp³-hybridized carbons (Fsp3) is 0.444. The van der Waals surface area contributed by atoms with E-state index in [1.807, 2.05) is 0 Å². The summed E-state index contributed by atoms with van der Waals surface area (Å²) in [5.41, 5.74) is 2.46. The molecule has 1 aliphatic heterocycles. The molecule has 0 aliphatic carbocycles. The number of aromatic nitrogens is 3. The molecule has 4 rings (SSSR count). The van der Waals surface area contributed by atoms with E-state index in [9.17, 15) is 5.11 Å². The number of rotatable bonds is 3. The molecule has 24 heavy (non-hydrogen) atoms. The van der Waals surface area contributed by atoms with Crippen LogP contribution in [0.4, 0.5) is 0 Å². The highest BCUT2D eigenvalue weighted by Crippen LogP contribution is 2.41. The van der Waals surface area contributed by atoms with Gasteiger partial charge in [-0.2, -0.15) is 9.61 Å². The Hall–Kier alpha value is -1.92. The Bertz CT molecular complexity index is 838. The molecule has 6 heteroatoms. The molecular formula is C18H22N4OS. The smallest absolute Gasteiger partial charge is 0.230 e. The van der Waals surface area contributed by atoms with Crippen LogP contribution in [0.2, 0.25) is 0 Å². The summed E-state index contributed by atoms with van der Waals surface area (Å²) in [5, 5.41) is 14.8. The zero-order valence-electron chi connectivity index (χ0n) is 14.0. The maximum Gasteiger partial charge on any atom is 0.230 e. The third kappa shape index (κ3) is 2.70. The van der Waals surface area contributed by atoms with E-state index in [0.717, 1.165) is 22.9 Å². The Morgan fingerprint density at radius 1 is 1.29 bits per heavy atom. The van der Waals surface area contributed by atoms with Crippen LogP contribution in [0.3, 0.4) is 0 Å². The van der Waals surface area contributed by atoms with Crippen LogP contribution in [0, 0.1) is 12.8 Å². The number of piperidine rings is 1. The van der Waals surface area contributed by atoms with Crippen molar-refractivity contribution in [2.75, 3.05) is 13.1 Å². The second-order valence-electron chi connectivity index (χ2n) is 6.80. The molecule has 1 N–H and O–H groups in total. The van der Waals surface area contributed by atoms with Crippen molar-refractivity contribution in [1.29, 1.82) is 0 Å². The first-order valence-corrected chi connectivity index (χ1v) is 9.27. The summed E-state index contributed by atoms with van der Waals surface area (Å²) in [6.07, 6.45) is 3.96. The fourth-order valence-corrected chi connectivity index (χ4v) is 4.70. The highest BCUT2D eigenvalue weighted by atomic mass is 32.1. The molecule has 2 aromatic heterocycles. The summed E-state index contributed by atoms with van der Waals surface area (Å²) in [4.78, 5) is 8.41. The highest BCUT2D eigenvalue weighted by molar-refractivity contribution is 7.17. The quantitative estimate of drug-likeness (QED) is 0.790. The molecule has 0 bridgehead atoms. The second kappa shape index (κ2) is 6.18. The van der Waals surface area contributed by atoms with Crippen LogP contribution < -0.4 is 0 Å². The topological polar surface area (TPSA) is 53.7 Å². The third-order valence-corrected chi connectivity index (χ3v) is 5.92. The first-order chi connectivity index (χ1) is 11.6. The predicted octanol–water partition coefficient (Wildman–Crippen LogP) is 3.63. The van der Waals surface area contributed by atoms with Crippen molar-refractivity contribution in [2.45, 2.75) is 32.7 Å². The van der Waals surface area contributed by atoms with Crippen molar-refractivity contribution in [3.8, 4) is 5.88 Å². The van der Waals surface area contributed by atoms with Gasteiger partial charge in [0, 0.05) is 6.54 Å². The average Bonchev–Trinajstić information content (AvgIpc) is 3.14. The van der Waals surface area contributed by atoms with E-state index in [0.29, 0.717) is 5.92 Å². The standard InChI is InChI=1S/C18H22N4OS/c1-12-5-7-14(8-6-12)15(21-9-3-4-13(2)10-21)16-17(23)22-18(24-16)19-11-20-22/h5-8,11,13,15,23H,3-4,9-10H2,1-2H3. The lowest BCUT2D eigenvalue weighted by Crippen LogP contribution is -2.37. The number of aryl methyl sites for hydroxylation is 1. The van der Waals surface area contributed by atoms with E-state index in [1.54, 1.807) is 0 Å². The number of thiazole rings is 1. The zero-order valence-corrected chi connectivity index (χ0v) is 14.8. The molecule has 2 unspecified atom stereocenters. The predicted molar refractivity (Wildman–Crippen MR) is 95.5 cm³/mol. The summed E-state index contributed by atoms with van der Waals surface area (Å²) in [5.74, 6) is 0.896. The maximum absolute atomic E-state index is 10.7. The van der Waals surface area contributed by atoms with Gasteiger partial charge in [0.1, 0.15) is 6.33 Å². The molecule has 126 valence electrons. The molecule has 1 aliphatic rings. The molecule has 0 saturated carbocycles. The van der Waals surface area contributed by atoms with Crippen LogP contribution in [0.15, 0.2) is 30.6 Å². The summed E-state index contributed by atoms with van der Waals surface area (Å²) < 4.78 is 1.54. The monoisotopic (exact) mass is 342 g/mol. The average molecular weight is 342 g/mol. The van der Waals surface area contributed by atoms with Crippen LogP contribution in [0.25, 0.3) is 4.96 Å². The van der Waals surface area contributed by atoms with Gasteiger partial charge < -0.3 is 5.11 Å². The van der Waals surface area contributed by atoms with Gasteiger partial charge in [0.25, 0.3) is 0 Å². The van der Waals surface area contributed by atoms with Crippen LogP contribution in [-0.2, 0) is 0 Å². The summed E-state index contributed by atoms with van der Waals surface area (Å²) >= 11 is 1.53. The molecule has 0 amide bonds. The lowest BCUT2D eigenvalue weighted by atomic mass is 9.95. The minimum absolute atomic E-state index is 0.0573. The fourth-order valence-electron chi connectivity index (χ4n) is 3.61. The van der Waals surface area contributed by atoms with Crippen molar-refractivity contribution in [1.82, 2.24) is 19.5 Å². The van der Waals surface area contributed by atoms with Gasteiger partial charge in [-0.05, 0) is 37.8 Å². The van der Waals surface area contributed by atoms with Crippen molar-refractivity contribution >= 4 is 16.3 Å². The van der Waals surface area contributed by atoms with Gasteiger partial charge in [-0.1, -0.05) is 48.1 Å². The molecule has 1 fully saturated rings. The van der Waals surface area contributed by atoms with E-state index in [-0.39, 0.29) is 11.9 Å². The van der Waals surface area contributed by atoms with Crippen molar-refractivity contribution < 1.29 is 5.11 Å². The number of hydrogen-bond donors (Lipinski definition) is 1. The Morgan fingerprint density at radius 3 is 2.79 bits per heavy atom. The SMILES string of the molecule is Cc1ccc(C(c2sc3ncnn3c2O)N2CCCC(C)C2)cc1. The number of nitrogens with zero attached hydrogens (tertiary/aromatic N) is 4. The molecule has 1 aromatic carbocycles. The highest BCUT2D eigenvalue weighted by Gasteiger charge is 2.31. The van der Waals surface area contributed by atoms with Gasteiger partial charge in [-0.25, -0.2) is 4.98 Å². The summed E-state index contributed by atoms with van der Waals surface area (Å²) in [6, 6.07) is 8.69. The first kappa shape index (κ1) is 15.6. The maximum atomic E-state index is 10.7. The van der Waals surface area contributed by atoms with Crippen LogP contribution >= 0.6 is 11.3 Å². The number of likely N-dealkylation sites (tertiary alicyclic amines) is 1. The molecular weight excluding hydrogens is 320 g/mol. The summed E-state index contributed by atoms with van der Waals surface area (Å²) in [6.45, 7) is 6.50. The molecule has 1 saturated heterocycles.